The zero-order valence-corrected chi connectivity index (χ0v) is 12.1. The van der Waals surface area contributed by atoms with Crippen LogP contribution in [0.4, 0.5) is 4.39 Å². The first-order valence-corrected chi connectivity index (χ1v) is 8.01. The van der Waals surface area contributed by atoms with Crippen molar-refractivity contribution in [2.45, 2.75) is 10.8 Å². The summed E-state index contributed by atoms with van der Waals surface area (Å²) in [6.45, 7) is 0. The van der Waals surface area contributed by atoms with Gasteiger partial charge in [-0.2, -0.15) is 0 Å². The lowest BCUT2D eigenvalue weighted by molar-refractivity contribution is 0.419. The van der Waals surface area contributed by atoms with Crippen LogP contribution in [0.25, 0.3) is 0 Å². The number of sulfone groups is 1. The van der Waals surface area contributed by atoms with Gasteiger partial charge in [0.05, 0.1) is 10.8 Å². The van der Waals surface area contributed by atoms with E-state index in [1.165, 1.54) is 36.5 Å². The Morgan fingerprint density at radius 1 is 1.35 bits per heavy atom. The van der Waals surface area contributed by atoms with E-state index < -0.39 is 15.7 Å². The molecule has 0 spiro atoms. The summed E-state index contributed by atoms with van der Waals surface area (Å²) in [6.07, 6.45) is 2.45. The molecule has 0 saturated heterocycles. The molecule has 2 aromatic rings. The molecule has 0 unspecified atom stereocenters. The van der Waals surface area contributed by atoms with E-state index in [2.05, 4.69) is 4.98 Å². The van der Waals surface area contributed by atoms with Crippen LogP contribution in [-0.4, -0.2) is 19.7 Å². The molecule has 2 rings (SSSR count). The summed E-state index contributed by atoms with van der Waals surface area (Å²) in [7, 11) is -3.36. The summed E-state index contributed by atoms with van der Waals surface area (Å²) in [5, 5.41) is 0. The Kier molecular flexibility index (Phi) is 4.25. The second-order valence-electron chi connectivity index (χ2n) is 4.07. The molecule has 0 fully saturated rings. The van der Waals surface area contributed by atoms with Crippen LogP contribution < -0.4 is 4.74 Å². The van der Waals surface area contributed by atoms with Crippen LogP contribution in [0.1, 0.15) is 5.56 Å². The van der Waals surface area contributed by atoms with Gasteiger partial charge in [0.25, 0.3) is 5.88 Å². The fourth-order valence-corrected chi connectivity index (χ4v) is 2.38. The molecule has 0 amide bonds. The standard InChI is InChI=1S/C13H11ClFNO3S/c1-20(17,18)11-4-2-3-10(7-11)19-13-12(15)9(8-14)5-6-16-13/h2-7H,8H2,1H3. The first-order valence-electron chi connectivity index (χ1n) is 5.59. The van der Waals surface area contributed by atoms with Gasteiger partial charge in [-0.05, 0) is 24.3 Å². The molecule has 0 atom stereocenters. The number of halogens is 2. The summed E-state index contributed by atoms with van der Waals surface area (Å²) in [4.78, 5) is 3.86. The van der Waals surface area contributed by atoms with E-state index in [1.54, 1.807) is 0 Å². The van der Waals surface area contributed by atoms with Gasteiger partial charge in [-0.3, -0.25) is 0 Å². The van der Waals surface area contributed by atoms with Gasteiger partial charge < -0.3 is 4.74 Å². The molecule has 1 aromatic heterocycles. The maximum atomic E-state index is 13.9. The van der Waals surface area contributed by atoms with Crippen molar-refractivity contribution in [2.24, 2.45) is 0 Å². The minimum absolute atomic E-state index is 0.00586. The van der Waals surface area contributed by atoms with Gasteiger partial charge >= 0.3 is 0 Å². The van der Waals surface area contributed by atoms with Crippen molar-refractivity contribution in [1.29, 1.82) is 0 Å². The average molecular weight is 316 g/mol. The lowest BCUT2D eigenvalue weighted by Crippen LogP contribution is -1.99. The van der Waals surface area contributed by atoms with Gasteiger partial charge in [-0.25, -0.2) is 17.8 Å². The van der Waals surface area contributed by atoms with E-state index in [4.69, 9.17) is 16.3 Å². The highest BCUT2D eigenvalue weighted by Gasteiger charge is 2.13. The Morgan fingerprint density at radius 3 is 2.75 bits per heavy atom. The number of alkyl halides is 1. The molecule has 7 heteroatoms. The Hall–Kier alpha value is -1.66. The van der Waals surface area contributed by atoms with Crippen molar-refractivity contribution in [3.05, 3.63) is 47.9 Å². The third-order valence-electron chi connectivity index (χ3n) is 2.53. The van der Waals surface area contributed by atoms with Crippen molar-refractivity contribution in [3.8, 4) is 11.6 Å². The van der Waals surface area contributed by atoms with Crippen LogP contribution in [0.15, 0.2) is 41.4 Å². The number of benzene rings is 1. The number of hydrogen-bond donors (Lipinski definition) is 0. The van der Waals surface area contributed by atoms with E-state index in [-0.39, 0.29) is 28.0 Å². The molecule has 0 radical (unpaired) electrons. The summed E-state index contributed by atoms with van der Waals surface area (Å²) >= 11 is 5.59. The summed E-state index contributed by atoms with van der Waals surface area (Å²) in [5.41, 5.74) is 0.260. The molecular formula is C13H11ClFNO3S. The number of nitrogens with zero attached hydrogens (tertiary/aromatic N) is 1. The molecule has 0 bridgehead atoms. The SMILES string of the molecule is CS(=O)(=O)c1cccc(Oc2nccc(CCl)c2F)c1. The highest BCUT2D eigenvalue weighted by Crippen LogP contribution is 2.26. The second kappa shape index (κ2) is 5.76. The Bertz CT molecular complexity index is 734. The van der Waals surface area contributed by atoms with Gasteiger partial charge in [-0.15, -0.1) is 11.6 Å². The zero-order valence-electron chi connectivity index (χ0n) is 10.5. The predicted octanol–water partition coefficient (Wildman–Crippen LogP) is 3.16. The molecule has 0 N–H and O–H groups in total. The molecular weight excluding hydrogens is 305 g/mol. The van der Waals surface area contributed by atoms with Crippen molar-refractivity contribution in [3.63, 3.8) is 0 Å². The van der Waals surface area contributed by atoms with E-state index >= 15 is 0 Å². The first kappa shape index (κ1) is 14.7. The van der Waals surface area contributed by atoms with Gasteiger partial charge in [0.15, 0.2) is 15.7 Å². The molecule has 20 heavy (non-hydrogen) atoms. The highest BCUT2D eigenvalue weighted by atomic mass is 35.5. The van der Waals surface area contributed by atoms with Crippen LogP contribution in [0.5, 0.6) is 11.6 Å². The van der Waals surface area contributed by atoms with Crippen LogP contribution in [0.3, 0.4) is 0 Å². The van der Waals surface area contributed by atoms with Crippen LogP contribution in [-0.2, 0) is 15.7 Å². The van der Waals surface area contributed by atoms with Crippen molar-refractivity contribution in [2.75, 3.05) is 6.26 Å². The van der Waals surface area contributed by atoms with Gasteiger partial charge in [0.2, 0.25) is 0 Å². The fourth-order valence-electron chi connectivity index (χ4n) is 1.52. The van der Waals surface area contributed by atoms with Gasteiger partial charge in [-0.1, -0.05) is 6.07 Å². The Labute approximate surface area is 121 Å². The van der Waals surface area contributed by atoms with Crippen molar-refractivity contribution in [1.82, 2.24) is 4.98 Å². The molecule has 106 valence electrons. The summed E-state index contributed by atoms with van der Waals surface area (Å²) in [5.74, 6) is -0.722. The molecule has 1 aromatic carbocycles. The number of aromatic nitrogens is 1. The van der Waals surface area contributed by atoms with Gasteiger partial charge in [0, 0.05) is 18.0 Å². The number of pyridine rings is 1. The average Bonchev–Trinajstić information content (AvgIpc) is 2.40. The van der Waals surface area contributed by atoms with Crippen LogP contribution >= 0.6 is 11.6 Å². The Morgan fingerprint density at radius 2 is 2.10 bits per heavy atom. The smallest absolute Gasteiger partial charge is 0.256 e. The molecule has 0 aliphatic carbocycles. The maximum Gasteiger partial charge on any atom is 0.256 e. The normalized spacial score (nSPS) is 11.3. The fraction of sp³-hybridized carbons (Fsp3) is 0.154. The molecule has 4 nitrogen and oxygen atoms in total. The lowest BCUT2D eigenvalue weighted by Gasteiger charge is -2.08. The monoisotopic (exact) mass is 315 g/mol. The minimum atomic E-state index is -3.36. The first-order chi connectivity index (χ1) is 9.41. The van der Waals surface area contributed by atoms with E-state index in [9.17, 15) is 12.8 Å². The lowest BCUT2D eigenvalue weighted by atomic mass is 10.3. The van der Waals surface area contributed by atoms with E-state index in [1.807, 2.05) is 0 Å². The third kappa shape index (κ3) is 3.26. The maximum absolute atomic E-state index is 13.9. The second-order valence-corrected chi connectivity index (χ2v) is 6.35. The molecule has 0 saturated carbocycles. The Balaban J connectivity index is 2.36. The minimum Gasteiger partial charge on any atom is -0.436 e. The molecule has 0 aliphatic heterocycles. The van der Waals surface area contributed by atoms with Crippen molar-refractivity contribution >= 4 is 21.4 Å². The number of hydrogen-bond acceptors (Lipinski definition) is 4. The summed E-state index contributed by atoms with van der Waals surface area (Å²) in [6, 6.07) is 7.21. The topological polar surface area (TPSA) is 56.3 Å². The van der Waals surface area contributed by atoms with Crippen LogP contribution in [0, 0.1) is 5.82 Å². The van der Waals surface area contributed by atoms with Crippen LogP contribution in [0.2, 0.25) is 0 Å². The quantitative estimate of drug-likeness (QED) is 0.813. The van der Waals surface area contributed by atoms with E-state index in [0.717, 1.165) is 6.26 Å². The number of rotatable bonds is 4. The van der Waals surface area contributed by atoms with Gasteiger partial charge in [0.1, 0.15) is 5.75 Å². The van der Waals surface area contributed by atoms with Crippen molar-refractivity contribution < 1.29 is 17.5 Å². The largest absolute Gasteiger partial charge is 0.436 e. The zero-order chi connectivity index (χ0) is 14.8. The van der Waals surface area contributed by atoms with E-state index in [0.29, 0.717) is 0 Å². The summed E-state index contributed by atoms with van der Waals surface area (Å²) < 4.78 is 42.1. The molecule has 1 heterocycles. The predicted molar refractivity (Wildman–Crippen MR) is 73.4 cm³/mol. The third-order valence-corrected chi connectivity index (χ3v) is 3.93. The molecule has 0 aliphatic rings. The highest BCUT2D eigenvalue weighted by molar-refractivity contribution is 7.90. The number of ether oxygens (including phenoxy) is 1.